The summed E-state index contributed by atoms with van der Waals surface area (Å²) < 4.78 is 0. The van der Waals surface area contributed by atoms with Gasteiger partial charge in [0.25, 0.3) is 0 Å². The first-order chi connectivity index (χ1) is 3.27. The first kappa shape index (κ1) is 6.92. The van der Waals surface area contributed by atoms with Crippen LogP contribution in [0.1, 0.15) is 20.8 Å². The smallest absolute Gasteiger partial charge is 0.0844 e. The van der Waals surface area contributed by atoms with E-state index >= 15 is 0 Å². The standard InChI is InChI=1S/C5H11NO/c1-4-6-7-5(2)3/h5-6H,1-3H3. The molecule has 0 aromatic heterocycles. The second-order valence-electron chi connectivity index (χ2n) is 1.52. The van der Waals surface area contributed by atoms with E-state index in [1.807, 2.05) is 13.8 Å². The summed E-state index contributed by atoms with van der Waals surface area (Å²) in [5, 5.41) is 0. The molecule has 2 heteroatoms. The van der Waals surface area contributed by atoms with Crippen LogP contribution in [-0.4, -0.2) is 6.10 Å². The Morgan fingerprint density at radius 1 is 1.57 bits per heavy atom. The van der Waals surface area contributed by atoms with E-state index in [-0.39, 0.29) is 6.10 Å². The molecule has 0 aromatic carbocycles. The molecule has 1 N–H and O–H groups in total. The minimum Gasteiger partial charge on any atom is -0.298 e. The lowest BCUT2D eigenvalue weighted by Gasteiger charge is -2.03. The minimum absolute atomic E-state index is 0.229. The van der Waals surface area contributed by atoms with Crippen LogP contribution in [0.15, 0.2) is 0 Å². The predicted octanol–water partition coefficient (Wildman–Crippen LogP) is 0.975. The van der Waals surface area contributed by atoms with Crippen molar-refractivity contribution in [2.45, 2.75) is 26.9 Å². The molecule has 0 amide bonds. The van der Waals surface area contributed by atoms with Crippen LogP contribution in [-0.2, 0) is 4.84 Å². The van der Waals surface area contributed by atoms with Gasteiger partial charge in [-0.05, 0) is 20.8 Å². The van der Waals surface area contributed by atoms with Gasteiger partial charge in [-0.25, -0.2) is 0 Å². The predicted molar refractivity (Wildman–Crippen MR) is 28.3 cm³/mol. The molecule has 0 fully saturated rings. The lowest BCUT2D eigenvalue weighted by Crippen LogP contribution is -2.14. The Kier molecular flexibility index (Phi) is 4.04. The van der Waals surface area contributed by atoms with E-state index in [1.165, 1.54) is 0 Å². The van der Waals surface area contributed by atoms with Crippen molar-refractivity contribution in [2.24, 2.45) is 0 Å². The summed E-state index contributed by atoms with van der Waals surface area (Å²) in [7, 11) is 0. The Bertz CT molecular complexity index is 37.1. The molecular formula is C5H11NO. The molecule has 2 nitrogen and oxygen atoms in total. The van der Waals surface area contributed by atoms with Crippen LogP contribution in [0, 0.1) is 6.54 Å². The first-order valence-corrected chi connectivity index (χ1v) is 2.34. The van der Waals surface area contributed by atoms with Crippen molar-refractivity contribution in [3.63, 3.8) is 0 Å². The van der Waals surface area contributed by atoms with Gasteiger partial charge in [0.15, 0.2) is 0 Å². The van der Waals surface area contributed by atoms with Crippen LogP contribution in [0.3, 0.4) is 0 Å². The fourth-order valence-electron chi connectivity index (χ4n) is 0.177. The van der Waals surface area contributed by atoms with E-state index in [1.54, 1.807) is 6.92 Å². The van der Waals surface area contributed by atoms with Crippen molar-refractivity contribution in [1.29, 1.82) is 0 Å². The van der Waals surface area contributed by atoms with E-state index in [0.717, 1.165) is 0 Å². The Morgan fingerprint density at radius 3 is 2.29 bits per heavy atom. The number of hydroxylamine groups is 1. The second-order valence-corrected chi connectivity index (χ2v) is 1.52. The van der Waals surface area contributed by atoms with Crippen molar-refractivity contribution in [3.05, 3.63) is 6.54 Å². The fourth-order valence-corrected chi connectivity index (χ4v) is 0.177. The maximum Gasteiger partial charge on any atom is 0.0844 e. The van der Waals surface area contributed by atoms with Crippen molar-refractivity contribution < 1.29 is 4.84 Å². The second kappa shape index (κ2) is 4.09. The zero-order valence-corrected chi connectivity index (χ0v) is 4.99. The van der Waals surface area contributed by atoms with Crippen LogP contribution in [0.4, 0.5) is 0 Å². The molecule has 0 atom stereocenters. The quantitative estimate of drug-likeness (QED) is 0.422. The summed E-state index contributed by atoms with van der Waals surface area (Å²) in [5.41, 5.74) is 2.50. The van der Waals surface area contributed by atoms with Gasteiger partial charge in [0.05, 0.1) is 12.6 Å². The molecule has 0 aliphatic carbocycles. The summed E-state index contributed by atoms with van der Waals surface area (Å²) in [5.74, 6) is 0. The van der Waals surface area contributed by atoms with E-state index < -0.39 is 0 Å². The highest BCUT2D eigenvalue weighted by Crippen LogP contribution is 1.80. The average molecular weight is 101 g/mol. The summed E-state index contributed by atoms with van der Waals surface area (Å²) in [6.07, 6.45) is 0.229. The highest BCUT2D eigenvalue weighted by atomic mass is 16.7. The molecular weight excluding hydrogens is 90.1 g/mol. The van der Waals surface area contributed by atoms with Gasteiger partial charge in [-0.1, -0.05) is 0 Å². The Hall–Kier alpha value is -0.0800. The molecule has 42 valence electrons. The highest BCUT2D eigenvalue weighted by Gasteiger charge is 1.86. The van der Waals surface area contributed by atoms with Crippen LogP contribution in [0.2, 0.25) is 0 Å². The molecule has 7 heavy (non-hydrogen) atoms. The third kappa shape index (κ3) is 5.92. The third-order valence-corrected chi connectivity index (χ3v) is 0.397. The van der Waals surface area contributed by atoms with E-state index in [2.05, 4.69) is 12.0 Å². The number of hydrogen-bond donors (Lipinski definition) is 1. The minimum atomic E-state index is 0.229. The van der Waals surface area contributed by atoms with Gasteiger partial charge in [0.2, 0.25) is 0 Å². The maximum absolute atomic E-state index is 4.83. The summed E-state index contributed by atoms with van der Waals surface area (Å²) in [6.45, 7) is 8.28. The van der Waals surface area contributed by atoms with Gasteiger partial charge in [-0.3, -0.25) is 4.84 Å². The van der Waals surface area contributed by atoms with Crippen molar-refractivity contribution in [1.82, 2.24) is 5.48 Å². The molecule has 0 aliphatic rings. The average Bonchev–Trinajstić information content (AvgIpc) is 1.61. The SMILES string of the molecule is C[C]NOC(C)C. The summed E-state index contributed by atoms with van der Waals surface area (Å²) >= 11 is 0. The van der Waals surface area contributed by atoms with E-state index in [9.17, 15) is 0 Å². The van der Waals surface area contributed by atoms with Crippen LogP contribution in [0.25, 0.3) is 0 Å². The maximum atomic E-state index is 4.83. The van der Waals surface area contributed by atoms with Gasteiger partial charge < -0.3 is 0 Å². The van der Waals surface area contributed by atoms with Gasteiger partial charge in [-0.15, -0.1) is 0 Å². The highest BCUT2D eigenvalue weighted by molar-refractivity contribution is 4.40. The van der Waals surface area contributed by atoms with Gasteiger partial charge in [-0.2, -0.15) is 5.48 Å². The van der Waals surface area contributed by atoms with Crippen LogP contribution >= 0.6 is 0 Å². The normalized spacial score (nSPS) is 10.3. The number of nitrogens with one attached hydrogen (secondary N) is 1. The van der Waals surface area contributed by atoms with E-state index in [4.69, 9.17) is 4.84 Å². The van der Waals surface area contributed by atoms with Crippen molar-refractivity contribution in [3.8, 4) is 0 Å². The van der Waals surface area contributed by atoms with Crippen LogP contribution < -0.4 is 5.48 Å². The van der Waals surface area contributed by atoms with Gasteiger partial charge in [0.1, 0.15) is 0 Å². The third-order valence-electron chi connectivity index (χ3n) is 0.397. The molecule has 0 saturated heterocycles. The zero-order valence-electron chi connectivity index (χ0n) is 4.99. The lowest BCUT2D eigenvalue weighted by atomic mass is 10.5. The number of rotatable bonds is 3. The molecule has 0 heterocycles. The largest absolute Gasteiger partial charge is 0.298 e. The molecule has 0 saturated carbocycles. The van der Waals surface area contributed by atoms with Gasteiger partial charge >= 0.3 is 0 Å². The molecule has 0 unspecified atom stereocenters. The summed E-state index contributed by atoms with van der Waals surface area (Å²) in [6, 6.07) is 0. The first-order valence-electron chi connectivity index (χ1n) is 2.34. The Morgan fingerprint density at radius 2 is 2.14 bits per heavy atom. The van der Waals surface area contributed by atoms with Gasteiger partial charge in [0, 0.05) is 0 Å². The lowest BCUT2D eigenvalue weighted by molar-refractivity contribution is 0.0115. The molecule has 0 bridgehead atoms. The molecule has 0 rings (SSSR count). The van der Waals surface area contributed by atoms with Crippen LogP contribution in [0.5, 0.6) is 0 Å². The fraction of sp³-hybridized carbons (Fsp3) is 0.800. The monoisotopic (exact) mass is 101 g/mol. The Balaban J connectivity index is 2.68. The summed E-state index contributed by atoms with van der Waals surface area (Å²) in [4.78, 5) is 4.83. The topological polar surface area (TPSA) is 21.3 Å². The molecule has 0 aromatic rings. The number of hydrogen-bond acceptors (Lipinski definition) is 2. The zero-order chi connectivity index (χ0) is 5.70. The molecule has 2 radical (unpaired) electrons. The molecule has 0 spiro atoms. The van der Waals surface area contributed by atoms with Crippen molar-refractivity contribution >= 4 is 0 Å². The van der Waals surface area contributed by atoms with E-state index in [0.29, 0.717) is 0 Å². The molecule has 0 aliphatic heterocycles. The Labute approximate surface area is 44.8 Å². The van der Waals surface area contributed by atoms with Crippen molar-refractivity contribution in [2.75, 3.05) is 0 Å².